The van der Waals surface area contributed by atoms with E-state index < -0.39 is 0 Å². The molecule has 2 atom stereocenters. The van der Waals surface area contributed by atoms with E-state index in [1.54, 1.807) is 0 Å². The van der Waals surface area contributed by atoms with Gasteiger partial charge in [-0.15, -0.1) is 0 Å². The molecule has 1 aromatic carbocycles. The molecule has 130 valence electrons. The van der Waals surface area contributed by atoms with Gasteiger partial charge in [0.1, 0.15) is 0 Å². The van der Waals surface area contributed by atoms with E-state index in [0.29, 0.717) is 19.5 Å². The fourth-order valence-electron chi connectivity index (χ4n) is 3.65. The predicted molar refractivity (Wildman–Crippen MR) is 93.5 cm³/mol. The average Bonchev–Trinajstić information content (AvgIpc) is 2.95. The van der Waals surface area contributed by atoms with Crippen molar-refractivity contribution in [2.45, 2.75) is 45.2 Å². The Balaban J connectivity index is 1.58. The standard InChI is InChI=1S/C19H27N3O2/c1-19(2,3)22-12-14(10-17(22)23)18(24)21-11-16-15-7-5-4-6-13(15)8-9-20-16/h4-7,14,16,20H,8-12H2,1-3H3,(H,21,24). The van der Waals surface area contributed by atoms with E-state index in [0.717, 1.165) is 13.0 Å². The van der Waals surface area contributed by atoms with Crippen LogP contribution in [-0.2, 0) is 16.0 Å². The summed E-state index contributed by atoms with van der Waals surface area (Å²) in [6, 6.07) is 8.53. The molecule has 2 aliphatic heterocycles. The van der Waals surface area contributed by atoms with Crippen molar-refractivity contribution in [2.24, 2.45) is 5.92 Å². The lowest BCUT2D eigenvalue weighted by molar-refractivity contribution is -0.132. The third-order valence-corrected chi connectivity index (χ3v) is 5.00. The van der Waals surface area contributed by atoms with Crippen molar-refractivity contribution in [2.75, 3.05) is 19.6 Å². The van der Waals surface area contributed by atoms with Crippen LogP contribution < -0.4 is 10.6 Å². The zero-order valence-corrected chi connectivity index (χ0v) is 14.8. The van der Waals surface area contributed by atoms with Crippen LogP contribution in [0.25, 0.3) is 0 Å². The molecule has 2 heterocycles. The average molecular weight is 329 g/mol. The van der Waals surface area contributed by atoms with Crippen molar-refractivity contribution in [3.8, 4) is 0 Å². The molecule has 2 aliphatic rings. The fourth-order valence-corrected chi connectivity index (χ4v) is 3.65. The molecule has 1 fully saturated rings. The molecular weight excluding hydrogens is 302 g/mol. The number of carbonyl (C=O) groups is 2. The van der Waals surface area contributed by atoms with Crippen molar-refractivity contribution >= 4 is 11.8 Å². The van der Waals surface area contributed by atoms with E-state index in [1.807, 2.05) is 31.7 Å². The second-order valence-corrected chi connectivity index (χ2v) is 7.78. The highest BCUT2D eigenvalue weighted by atomic mass is 16.2. The maximum atomic E-state index is 12.5. The molecule has 2 N–H and O–H groups in total. The number of hydrogen-bond acceptors (Lipinski definition) is 3. The molecule has 3 rings (SSSR count). The lowest BCUT2D eigenvalue weighted by Crippen LogP contribution is -2.44. The molecule has 0 aliphatic carbocycles. The highest BCUT2D eigenvalue weighted by Gasteiger charge is 2.39. The first-order valence-corrected chi connectivity index (χ1v) is 8.75. The molecule has 2 unspecified atom stereocenters. The second-order valence-electron chi connectivity index (χ2n) is 7.78. The van der Waals surface area contributed by atoms with Crippen molar-refractivity contribution in [1.82, 2.24) is 15.5 Å². The largest absolute Gasteiger partial charge is 0.354 e. The van der Waals surface area contributed by atoms with Crippen molar-refractivity contribution in [3.63, 3.8) is 0 Å². The van der Waals surface area contributed by atoms with Crippen LogP contribution in [0.5, 0.6) is 0 Å². The molecule has 0 saturated carbocycles. The summed E-state index contributed by atoms with van der Waals surface area (Å²) in [4.78, 5) is 26.5. The number of rotatable bonds is 3. The van der Waals surface area contributed by atoms with E-state index in [-0.39, 0.29) is 29.3 Å². The summed E-state index contributed by atoms with van der Waals surface area (Å²) in [6.07, 6.45) is 1.34. The molecule has 0 aromatic heterocycles. The van der Waals surface area contributed by atoms with Crippen LogP contribution in [0.15, 0.2) is 24.3 Å². The third kappa shape index (κ3) is 3.46. The summed E-state index contributed by atoms with van der Waals surface area (Å²) < 4.78 is 0. The number of hydrogen-bond donors (Lipinski definition) is 2. The Morgan fingerprint density at radius 1 is 1.33 bits per heavy atom. The van der Waals surface area contributed by atoms with Crippen LogP contribution in [0, 0.1) is 5.92 Å². The molecule has 1 saturated heterocycles. The number of fused-ring (bicyclic) bond motifs is 1. The summed E-state index contributed by atoms with van der Waals surface area (Å²) >= 11 is 0. The normalized spacial score (nSPS) is 24.0. The lowest BCUT2D eigenvalue weighted by atomic mass is 9.94. The molecule has 0 bridgehead atoms. The van der Waals surface area contributed by atoms with Gasteiger partial charge in [-0.3, -0.25) is 9.59 Å². The first kappa shape index (κ1) is 17.0. The fraction of sp³-hybridized carbons (Fsp3) is 0.579. The van der Waals surface area contributed by atoms with Gasteiger partial charge >= 0.3 is 0 Å². The van der Waals surface area contributed by atoms with Gasteiger partial charge in [-0.05, 0) is 44.9 Å². The van der Waals surface area contributed by atoms with Crippen LogP contribution in [-0.4, -0.2) is 41.9 Å². The van der Waals surface area contributed by atoms with E-state index >= 15 is 0 Å². The van der Waals surface area contributed by atoms with Crippen LogP contribution in [0.4, 0.5) is 0 Å². The Bertz CT molecular complexity index is 636. The number of carbonyl (C=O) groups excluding carboxylic acids is 2. The number of amides is 2. The van der Waals surface area contributed by atoms with E-state index in [9.17, 15) is 9.59 Å². The third-order valence-electron chi connectivity index (χ3n) is 5.00. The monoisotopic (exact) mass is 329 g/mol. The Hall–Kier alpha value is -1.88. The predicted octanol–water partition coefficient (Wildman–Crippen LogP) is 1.64. The van der Waals surface area contributed by atoms with Crippen LogP contribution >= 0.6 is 0 Å². The Morgan fingerprint density at radius 2 is 2.08 bits per heavy atom. The number of likely N-dealkylation sites (tertiary alicyclic amines) is 1. The number of nitrogens with zero attached hydrogens (tertiary/aromatic N) is 1. The molecule has 5 nitrogen and oxygen atoms in total. The van der Waals surface area contributed by atoms with Crippen molar-refractivity contribution in [3.05, 3.63) is 35.4 Å². The van der Waals surface area contributed by atoms with Gasteiger partial charge in [0.25, 0.3) is 0 Å². The van der Waals surface area contributed by atoms with Gasteiger partial charge in [-0.1, -0.05) is 24.3 Å². The molecule has 24 heavy (non-hydrogen) atoms. The minimum atomic E-state index is -0.240. The van der Waals surface area contributed by atoms with Gasteiger partial charge in [-0.2, -0.15) is 0 Å². The summed E-state index contributed by atoms with van der Waals surface area (Å²) in [5.74, 6) is -0.181. The first-order valence-electron chi connectivity index (χ1n) is 8.75. The molecular formula is C19H27N3O2. The number of nitrogens with one attached hydrogen (secondary N) is 2. The second kappa shape index (κ2) is 6.55. The first-order chi connectivity index (χ1) is 11.4. The van der Waals surface area contributed by atoms with E-state index in [4.69, 9.17) is 0 Å². The van der Waals surface area contributed by atoms with E-state index in [1.165, 1.54) is 11.1 Å². The molecule has 5 heteroatoms. The van der Waals surface area contributed by atoms with Crippen LogP contribution in [0.2, 0.25) is 0 Å². The molecule has 0 spiro atoms. The summed E-state index contributed by atoms with van der Waals surface area (Å²) in [5.41, 5.74) is 2.39. The summed E-state index contributed by atoms with van der Waals surface area (Å²) in [5, 5.41) is 6.52. The Labute approximate surface area is 143 Å². The van der Waals surface area contributed by atoms with Crippen LogP contribution in [0.3, 0.4) is 0 Å². The van der Waals surface area contributed by atoms with Gasteiger partial charge < -0.3 is 15.5 Å². The molecule has 2 amide bonds. The minimum Gasteiger partial charge on any atom is -0.354 e. The topological polar surface area (TPSA) is 61.4 Å². The van der Waals surface area contributed by atoms with Gasteiger partial charge in [0.2, 0.25) is 11.8 Å². The quantitative estimate of drug-likeness (QED) is 0.886. The van der Waals surface area contributed by atoms with E-state index in [2.05, 4.69) is 28.8 Å². The smallest absolute Gasteiger partial charge is 0.225 e. The van der Waals surface area contributed by atoms with Gasteiger partial charge in [0.05, 0.1) is 5.92 Å². The van der Waals surface area contributed by atoms with Gasteiger partial charge in [0.15, 0.2) is 0 Å². The minimum absolute atomic E-state index is 0.0139. The molecule has 0 radical (unpaired) electrons. The van der Waals surface area contributed by atoms with Gasteiger partial charge in [0, 0.05) is 31.1 Å². The zero-order chi connectivity index (χ0) is 17.3. The SMILES string of the molecule is CC(C)(C)N1CC(C(=O)NCC2NCCc3ccccc32)CC1=O. The lowest BCUT2D eigenvalue weighted by Gasteiger charge is -2.32. The number of benzene rings is 1. The summed E-state index contributed by atoms with van der Waals surface area (Å²) in [7, 11) is 0. The summed E-state index contributed by atoms with van der Waals surface area (Å²) in [6.45, 7) is 8.03. The van der Waals surface area contributed by atoms with Crippen molar-refractivity contribution in [1.29, 1.82) is 0 Å². The Morgan fingerprint density at radius 3 is 2.79 bits per heavy atom. The Kier molecular flexibility index (Phi) is 4.63. The maximum Gasteiger partial charge on any atom is 0.225 e. The van der Waals surface area contributed by atoms with Crippen LogP contribution in [0.1, 0.15) is 44.4 Å². The zero-order valence-electron chi connectivity index (χ0n) is 14.8. The van der Waals surface area contributed by atoms with Crippen molar-refractivity contribution < 1.29 is 9.59 Å². The van der Waals surface area contributed by atoms with Gasteiger partial charge in [-0.25, -0.2) is 0 Å². The highest BCUT2D eigenvalue weighted by Crippen LogP contribution is 2.26. The molecule has 1 aromatic rings. The maximum absolute atomic E-state index is 12.5. The highest BCUT2D eigenvalue weighted by molar-refractivity contribution is 5.89.